The second-order valence-corrected chi connectivity index (χ2v) is 6.82. The van der Waals surface area contributed by atoms with Crippen molar-refractivity contribution in [1.82, 2.24) is 15.3 Å². The summed E-state index contributed by atoms with van der Waals surface area (Å²) in [6.07, 6.45) is 9.19. The van der Waals surface area contributed by atoms with E-state index in [1.165, 1.54) is 25.7 Å². The molecule has 1 aliphatic carbocycles. The van der Waals surface area contributed by atoms with E-state index < -0.39 is 0 Å². The van der Waals surface area contributed by atoms with Crippen molar-refractivity contribution in [3.63, 3.8) is 0 Å². The molecule has 0 spiro atoms. The van der Waals surface area contributed by atoms with Crippen LogP contribution in [0.3, 0.4) is 0 Å². The Bertz CT molecular complexity index is 385. The molecule has 4 nitrogen and oxygen atoms in total. The lowest BCUT2D eigenvalue weighted by atomic mass is 9.91. The number of hydrogen-bond donors (Lipinski definition) is 1. The van der Waals surface area contributed by atoms with Gasteiger partial charge in [-0.25, -0.2) is 9.97 Å². The normalized spacial score (nSPS) is 22.9. The van der Waals surface area contributed by atoms with Crippen LogP contribution >= 0.6 is 11.8 Å². The van der Waals surface area contributed by atoms with E-state index in [0.717, 1.165) is 36.3 Å². The fourth-order valence-corrected chi connectivity index (χ4v) is 3.77. The van der Waals surface area contributed by atoms with E-state index in [1.54, 1.807) is 7.11 Å². The van der Waals surface area contributed by atoms with Crippen LogP contribution in [0.5, 0.6) is 0 Å². The van der Waals surface area contributed by atoms with Gasteiger partial charge in [-0.15, -0.1) is 0 Å². The topological polar surface area (TPSA) is 47.0 Å². The summed E-state index contributed by atoms with van der Waals surface area (Å²) in [5.74, 6) is 0.852. The van der Waals surface area contributed by atoms with E-state index in [1.807, 2.05) is 24.2 Å². The number of aromatic nitrogens is 2. The predicted octanol–water partition coefficient (Wildman–Crippen LogP) is 2.88. The van der Waals surface area contributed by atoms with Gasteiger partial charge in [0.15, 0.2) is 5.16 Å². The number of hydrogen-bond acceptors (Lipinski definition) is 5. The van der Waals surface area contributed by atoms with Gasteiger partial charge in [-0.2, -0.15) is 0 Å². The fourth-order valence-electron chi connectivity index (χ4n) is 2.54. The number of nitrogens with zero attached hydrogens (tertiary/aromatic N) is 2. The minimum atomic E-state index is 0.699. The molecule has 0 saturated heterocycles. The number of thioether (sulfide) groups is 1. The molecule has 1 aromatic heterocycles. The van der Waals surface area contributed by atoms with E-state index in [4.69, 9.17) is 4.74 Å². The quantitative estimate of drug-likeness (QED) is 0.619. The smallest absolute Gasteiger partial charge is 0.187 e. The van der Waals surface area contributed by atoms with Crippen molar-refractivity contribution in [2.45, 2.75) is 49.6 Å². The van der Waals surface area contributed by atoms with E-state index in [-0.39, 0.29) is 0 Å². The predicted molar refractivity (Wildman–Crippen MR) is 82.9 cm³/mol. The maximum atomic E-state index is 4.99. The number of rotatable bonds is 7. The first-order valence-corrected chi connectivity index (χ1v) is 8.33. The van der Waals surface area contributed by atoms with Gasteiger partial charge in [-0.05, 0) is 18.8 Å². The first kappa shape index (κ1) is 15.7. The third-order valence-corrected chi connectivity index (χ3v) is 4.84. The lowest BCUT2D eigenvalue weighted by Crippen LogP contribution is -2.19. The Morgan fingerprint density at radius 3 is 2.85 bits per heavy atom. The SMILES string of the molecule is COCCNCc1cnc(SC2CCCC(C)C2)nc1. The summed E-state index contributed by atoms with van der Waals surface area (Å²) in [4.78, 5) is 8.95. The highest BCUT2D eigenvalue weighted by Crippen LogP contribution is 2.34. The summed E-state index contributed by atoms with van der Waals surface area (Å²) in [5.41, 5.74) is 1.13. The van der Waals surface area contributed by atoms with E-state index in [2.05, 4.69) is 22.2 Å². The molecule has 2 unspecified atom stereocenters. The molecule has 1 aromatic rings. The minimum Gasteiger partial charge on any atom is -0.383 e. The molecular formula is C15H25N3OS. The van der Waals surface area contributed by atoms with Crippen LogP contribution in [0.25, 0.3) is 0 Å². The van der Waals surface area contributed by atoms with Crippen molar-refractivity contribution >= 4 is 11.8 Å². The van der Waals surface area contributed by atoms with Crippen molar-refractivity contribution in [3.8, 4) is 0 Å². The Morgan fingerprint density at radius 2 is 2.15 bits per heavy atom. The lowest BCUT2D eigenvalue weighted by Gasteiger charge is -2.25. The second-order valence-electron chi connectivity index (χ2n) is 5.56. The molecule has 5 heteroatoms. The molecule has 0 aromatic carbocycles. The highest BCUT2D eigenvalue weighted by molar-refractivity contribution is 7.99. The van der Waals surface area contributed by atoms with Gasteiger partial charge in [0.05, 0.1) is 6.61 Å². The standard InChI is InChI=1S/C15H25N3OS/c1-12-4-3-5-14(8-12)20-15-17-10-13(11-18-15)9-16-6-7-19-2/h10-12,14,16H,3-9H2,1-2H3. The van der Waals surface area contributed by atoms with Crippen LogP contribution in [0.2, 0.25) is 0 Å². The maximum Gasteiger partial charge on any atom is 0.187 e. The Labute approximate surface area is 126 Å². The molecule has 20 heavy (non-hydrogen) atoms. The largest absolute Gasteiger partial charge is 0.383 e. The van der Waals surface area contributed by atoms with Gasteiger partial charge in [0, 0.05) is 43.4 Å². The van der Waals surface area contributed by atoms with Gasteiger partial charge in [0.25, 0.3) is 0 Å². The summed E-state index contributed by atoms with van der Waals surface area (Å²) in [7, 11) is 1.71. The zero-order valence-electron chi connectivity index (χ0n) is 12.5. The monoisotopic (exact) mass is 295 g/mol. The zero-order chi connectivity index (χ0) is 14.2. The minimum absolute atomic E-state index is 0.699. The van der Waals surface area contributed by atoms with Crippen LogP contribution in [0.15, 0.2) is 17.6 Å². The molecule has 2 atom stereocenters. The molecular weight excluding hydrogens is 270 g/mol. The van der Waals surface area contributed by atoms with Crippen LogP contribution in [0.4, 0.5) is 0 Å². The summed E-state index contributed by atoms with van der Waals surface area (Å²) >= 11 is 1.85. The highest BCUT2D eigenvalue weighted by atomic mass is 32.2. The van der Waals surface area contributed by atoms with Gasteiger partial charge in [-0.3, -0.25) is 0 Å². The molecule has 112 valence electrons. The van der Waals surface area contributed by atoms with E-state index in [9.17, 15) is 0 Å². The molecule has 0 radical (unpaired) electrons. The average molecular weight is 295 g/mol. The Kier molecular flexibility index (Phi) is 6.76. The summed E-state index contributed by atoms with van der Waals surface area (Å²) < 4.78 is 4.99. The van der Waals surface area contributed by atoms with Gasteiger partial charge >= 0.3 is 0 Å². The van der Waals surface area contributed by atoms with Gasteiger partial charge in [0.2, 0.25) is 0 Å². The van der Waals surface area contributed by atoms with Gasteiger partial charge < -0.3 is 10.1 Å². The molecule has 1 aliphatic rings. The van der Waals surface area contributed by atoms with Crippen LogP contribution in [0, 0.1) is 5.92 Å². The third kappa shape index (κ3) is 5.38. The third-order valence-electron chi connectivity index (χ3n) is 3.65. The van der Waals surface area contributed by atoms with Crippen LogP contribution < -0.4 is 5.32 Å². The highest BCUT2D eigenvalue weighted by Gasteiger charge is 2.20. The van der Waals surface area contributed by atoms with Crippen molar-refractivity contribution < 1.29 is 4.74 Å². The number of nitrogens with one attached hydrogen (secondary N) is 1. The average Bonchev–Trinajstić information content (AvgIpc) is 2.45. The zero-order valence-corrected chi connectivity index (χ0v) is 13.3. The first-order valence-electron chi connectivity index (χ1n) is 7.45. The summed E-state index contributed by atoms with van der Waals surface area (Å²) in [6, 6.07) is 0. The maximum absolute atomic E-state index is 4.99. The second kappa shape index (κ2) is 8.60. The molecule has 1 fully saturated rings. The van der Waals surface area contributed by atoms with Crippen LogP contribution in [0.1, 0.15) is 38.2 Å². The Balaban J connectivity index is 1.76. The van der Waals surface area contributed by atoms with Crippen molar-refractivity contribution in [3.05, 3.63) is 18.0 Å². The first-order chi connectivity index (χ1) is 9.78. The fraction of sp³-hybridized carbons (Fsp3) is 0.733. The summed E-state index contributed by atoms with van der Waals surface area (Å²) in [6.45, 7) is 4.73. The molecule has 2 rings (SSSR count). The van der Waals surface area contributed by atoms with Crippen molar-refractivity contribution in [1.29, 1.82) is 0 Å². The molecule has 0 amide bonds. The Morgan fingerprint density at radius 1 is 1.35 bits per heavy atom. The van der Waals surface area contributed by atoms with Crippen LogP contribution in [-0.2, 0) is 11.3 Å². The molecule has 1 saturated carbocycles. The van der Waals surface area contributed by atoms with Crippen molar-refractivity contribution in [2.24, 2.45) is 5.92 Å². The van der Waals surface area contributed by atoms with Gasteiger partial charge in [-0.1, -0.05) is 31.5 Å². The lowest BCUT2D eigenvalue weighted by molar-refractivity contribution is 0.199. The number of methoxy groups -OCH3 is 1. The van der Waals surface area contributed by atoms with E-state index >= 15 is 0 Å². The molecule has 1 N–H and O–H groups in total. The van der Waals surface area contributed by atoms with Gasteiger partial charge in [0.1, 0.15) is 0 Å². The van der Waals surface area contributed by atoms with E-state index in [0.29, 0.717) is 5.25 Å². The number of ether oxygens (including phenoxy) is 1. The van der Waals surface area contributed by atoms with Crippen LogP contribution in [-0.4, -0.2) is 35.5 Å². The molecule has 0 aliphatic heterocycles. The van der Waals surface area contributed by atoms with Crippen molar-refractivity contribution in [2.75, 3.05) is 20.3 Å². The summed E-state index contributed by atoms with van der Waals surface area (Å²) in [5, 5.41) is 4.92. The molecule has 0 bridgehead atoms. The Hall–Kier alpha value is -0.650. The molecule has 1 heterocycles.